The van der Waals surface area contributed by atoms with Gasteiger partial charge in [0, 0.05) is 30.1 Å². The van der Waals surface area contributed by atoms with Crippen LogP contribution in [0.2, 0.25) is 0 Å². The Morgan fingerprint density at radius 1 is 1.05 bits per heavy atom. The van der Waals surface area contributed by atoms with Crippen molar-refractivity contribution in [1.29, 1.82) is 0 Å². The van der Waals surface area contributed by atoms with Crippen LogP contribution in [-0.4, -0.2) is 25.3 Å². The van der Waals surface area contributed by atoms with E-state index in [-0.39, 0.29) is 5.57 Å². The second kappa shape index (κ2) is 7.17. The first-order valence-corrected chi connectivity index (χ1v) is 6.62. The van der Waals surface area contributed by atoms with Gasteiger partial charge >= 0.3 is 5.97 Å². The molecule has 22 heavy (non-hydrogen) atoms. The van der Waals surface area contributed by atoms with E-state index in [9.17, 15) is 9.90 Å². The van der Waals surface area contributed by atoms with Crippen molar-refractivity contribution in [3.05, 3.63) is 60.3 Å². The van der Waals surface area contributed by atoms with Crippen molar-refractivity contribution in [2.45, 2.75) is 0 Å². The molecule has 2 N–H and O–H groups in total. The van der Waals surface area contributed by atoms with Crippen molar-refractivity contribution < 1.29 is 19.4 Å². The molecule has 0 spiro atoms. The SMILES string of the molecule is COc1cc(N/C=C(\C(=O)O)c2ccccc2)cc(OC)c1. The van der Waals surface area contributed by atoms with Gasteiger partial charge in [0.2, 0.25) is 0 Å². The molecule has 0 saturated carbocycles. The molecule has 0 saturated heterocycles. The quantitative estimate of drug-likeness (QED) is 0.801. The molecule has 0 fully saturated rings. The van der Waals surface area contributed by atoms with Crippen LogP contribution in [-0.2, 0) is 4.79 Å². The smallest absolute Gasteiger partial charge is 0.337 e. The van der Waals surface area contributed by atoms with E-state index in [0.717, 1.165) is 0 Å². The minimum atomic E-state index is -1.01. The average molecular weight is 299 g/mol. The molecule has 2 rings (SSSR count). The van der Waals surface area contributed by atoms with Crippen LogP contribution < -0.4 is 14.8 Å². The van der Waals surface area contributed by atoms with Gasteiger partial charge in [-0.15, -0.1) is 0 Å². The minimum absolute atomic E-state index is 0.169. The zero-order valence-corrected chi connectivity index (χ0v) is 12.4. The van der Waals surface area contributed by atoms with Crippen molar-refractivity contribution in [2.75, 3.05) is 19.5 Å². The van der Waals surface area contributed by atoms with Crippen molar-refractivity contribution in [3.8, 4) is 11.5 Å². The minimum Gasteiger partial charge on any atom is -0.497 e. The van der Waals surface area contributed by atoms with E-state index in [4.69, 9.17) is 9.47 Å². The van der Waals surface area contributed by atoms with E-state index in [1.165, 1.54) is 6.20 Å². The number of carbonyl (C=O) groups is 1. The monoisotopic (exact) mass is 299 g/mol. The standard InChI is InChI=1S/C17H17NO4/c1-21-14-8-13(9-15(10-14)22-2)18-11-16(17(19)20)12-6-4-3-5-7-12/h3-11,18H,1-2H3,(H,19,20)/b16-11-. The molecule has 0 atom stereocenters. The van der Waals surface area contributed by atoms with Crippen LogP contribution in [0, 0.1) is 0 Å². The number of methoxy groups -OCH3 is 2. The lowest BCUT2D eigenvalue weighted by molar-refractivity contribution is -0.130. The van der Waals surface area contributed by atoms with Crippen LogP contribution in [0.5, 0.6) is 11.5 Å². The highest BCUT2D eigenvalue weighted by atomic mass is 16.5. The number of ether oxygens (including phenoxy) is 2. The lowest BCUT2D eigenvalue weighted by Gasteiger charge is -2.09. The number of hydrogen-bond donors (Lipinski definition) is 2. The van der Waals surface area contributed by atoms with Gasteiger partial charge in [-0.3, -0.25) is 0 Å². The molecular formula is C17H17NO4. The lowest BCUT2D eigenvalue weighted by Crippen LogP contribution is -2.02. The highest BCUT2D eigenvalue weighted by Crippen LogP contribution is 2.26. The largest absolute Gasteiger partial charge is 0.497 e. The number of carboxylic acids is 1. The first-order valence-electron chi connectivity index (χ1n) is 6.62. The Morgan fingerprint density at radius 3 is 2.14 bits per heavy atom. The van der Waals surface area contributed by atoms with Gasteiger partial charge in [0.05, 0.1) is 19.8 Å². The lowest BCUT2D eigenvalue weighted by atomic mass is 10.1. The number of anilines is 1. The van der Waals surface area contributed by atoms with Gasteiger partial charge < -0.3 is 19.9 Å². The van der Waals surface area contributed by atoms with Crippen molar-refractivity contribution >= 4 is 17.2 Å². The van der Waals surface area contributed by atoms with Gasteiger partial charge in [0.25, 0.3) is 0 Å². The van der Waals surface area contributed by atoms with Crippen molar-refractivity contribution in [1.82, 2.24) is 0 Å². The Kier molecular flexibility index (Phi) is 5.03. The van der Waals surface area contributed by atoms with Gasteiger partial charge in [0.1, 0.15) is 11.5 Å². The predicted octanol–water partition coefficient (Wildman–Crippen LogP) is 3.24. The Labute approximate surface area is 128 Å². The molecule has 114 valence electrons. The Morgan fingerprint density at radius 2 is 1.64 bits per heavy atom. The van der Waals surface area contributed by atoms with E-state index in [0.29, 0.717) is 22.7 Å². The predicted molar refractivity (Wildman–Crippen MR) is 85.2 cm³/mol. The van der Waals surface area contributed by atoms with E-state index in [1.54, 1.807) is 56.7 Å². The number of nitrogens with one attached hydrogen (secondary N) is 1. The Bertz CT molecular complexity index is 658. The molecule has 0 heterocycles. The maximum atomic E-state index is 11.4. The fraction of sp³-hybridized carbons (Fsp3) is 0.118. The summed E-state index contributed by atoms with van der Waals surface area (Å²) in [6, 6.07) is 14.2. The molecule has 0 unspecified atom stereocenters. The van der Waals surface area contributed by atoms with Crippen LogP contribution in [0.4, 0.5) is 5.69 Å². The summed E-state index contributed by atoms with van der Waals surface area (Å²) in [7, 11) is 3.11. The first-order chi connectivity index (χ1) is 10.6. The molecule has 5 nitrogen and oxygen atoms in total. The third-order valence-electron chi connectivity index (χ3n) is 3.05. The van der Waals surface area contributed by atoms with Gasteiger partial charge in [-0.25, -0.2) is 4.79 Å². The highest BCUT2D eigenvalue weighted by Gasteiger charge is 2.10. The summed E-state index contributed by atoms with van der Waals surface area (Å²) in [6.07, 6.45) is 1.45. The summed E-state index contributed by atoms with van der Waals surface area (Å²) in [6.45, 7) is 0. The van der Waals surface area contributed by atoms with Crippen LogP contribution in [0.25, 0.3) is 5.57 Å². The average Bonchev–Trinajstić information content (AvgIpc) is 2.55. The molecule has 2 aromatic rings. The topological polar surface area (TPSA) is 67.8 Å². The van der Waals surface area contributed by atoms with E-state index < -0.39 is 5.97 Å². The number of benzene rings is 2. The molecule has 2 aromatic carbocycles. The van der Waals surface area contributed by atoms with Gasteiger partial charge in [-0.1, -0.05) is 30.3 Å². The van der Waals surface area contributed by atoms with Gasteiger partial charge in [-0.2, -0.15) is 0 Å². The maximum absolute atomic E-state index is 11.4. The number of rotatable bonds is 6. The summed E-state index contributed by atoms with van der Waals surface area (Å²) in [4.78, 5) is 11.4. The third-order valence-corrected chi connectivity index (χ3v) is 3.05. The normalized spacial score (nSPS) is 10.9. The van der Waals surface area contributed by atoms with Gasteiger partial charge in [0.15, 0.2) is 0 Å². The number of carboxylic acid groups (broad SMARTS) is 1. The summed E-state index contributed by atoms with van der Waals surface area (Å²) in [5, 5.41) is 12.3. The van der Waals surface area contributed by atoms with E-state index >= 15 is 0 Å². The molecule has 0 amide bonds. The van der Waals surface area contributed by atoms with Gasteiger partial charge in [-0.05, 0) is 5.56 Å². The molecule has 0 aliphatic heterocycles. The second-order valence-corrected chi connectivity index (χ2v) is 4.47. The summed E-state index contributed by atoms with van der Waals surface area (Å²) in [5.74, 6) is 0.229. The van der Waals surface area contributed by atoms with E-state index in [1.807, 2.05) is 6.07 Å². The number of hydrogen-bond acceptors (Lipinski definition) is 4. The summed E-state index contributed by atoms with van der Waals surface area (Å²) < 4.78 is 10.4. The highest BCUT2D eigenvalue weighted by molar-refractivity contribution is 6.15. The second-order valence-electron chi connectivity index (χ2n) is 4.47. The van der Waals surface area contributed by atoms with Crippen molar-refractivity contribution in [3.63, 3.8) is 0 Å². The van der Waals surface area contributed by atoms with Crippen LogP contribution in [0.15, 0.2) is 54.7 Å². The Hall–Kier alpha value is -2.95. The van der Waals surface area contributed by atoms with E-state index in [2.05, 4.69) is 5.32 Å². The number of aliphatic carboxylic acids is 1. The fourth-order valence-electron chi connectivity index (χ4n) is 1.93. The molecule has 0 bridgehead atoms. The molecule has 0 aromatic heterocycles. The Balaban J connectivity index is 2.30. The van der Waals surface area contributed by atoms with Crippen LogP contribution in [0.3, 0.4) is 0 Å². The zero-order valence-electron chi connectivity index (χ0n) is 12.4. The molecule has 5 heteroatoms. The molecule has 0 aliphatic carbocycles. The van der Waals surface area contributed by atoms with Crippen LogP contribution in [0.1, 0.15) is 5.56 Å². The summed E-state index contributed by atoms with van der Waals surface area (Å²) >= 11 is 0. The van der Waals surface area contributed by atoms with Crippen LogP contribution >= 0.6 is 0 Å². The fourth-order valence-corrected chi connectivity index (χ4v) is 1.93. The van der Waals surface area contributed by atoms with Crippen molar-refractivity contribution in [2.24, 2.45) is 0 Å². The summed E-state index contributed by atoms with van der Waals surface area (Å²) in [5.41, 5.74) is 1.46. The maximum Gasteiger partial charge on any atom is 0.337 e. The molecular weight excluding hydrogens is 282 g/mol. The third kappa shape index (κ3) is 3.79. The molecule has 0 aliphatic rings. The first kappa shape index (κ1) is 15.4. The zero-order chi connectivity index (χ0) is 15.9. The molecule has 0 radical (unpaired) electrons.